The highest BCUT2D eigenvalue weighted by Crippen LogP contribution is 2.19. The molecular weight excluding hydrogens is 264 g/mol. The molecule has 0 amide bonds. The van der Waals surface area contributed by atoms with Crippen LogP contribution in [0.5, 0.6) is 0 Å². The third-order valence-electron chi connectivity index (χ3n) is 2.52. The quantitative estimate of drug-likeness (QED) is 0.528. The van der Waals surface area contributed by atoms with Crippen LogP contribution in [-0.4, -0.2) is 4.92 Å². The molecule has 0 bridgehead atoms. The summed E-state index contributed by atoms with van der Waals surface area (Å²) in [6.45, 7) is 0. The lowest BCUT2D eigenvalue weighted by molar-refractivity contribution is -0.384. The van der Waals surface area contributed by atoms with Gasteiger partial charge in [0.05, 0.1) is 15.3 Å². The van der Waals surface area contributed by atoms with Crippen LogP contribution >= 0.6 is 11.3 Å². The van der Waals surface area contributed by atoms with Crippen molar-refractivity contribution in [3.05, 3.63) is 63.5 Å². The number of hydrogen-bond donors (Lipinski definition) is 0. The fourth-order valence-electron chi connectivity index (χ4n) is 1.63. The molecule has 19 heavy (non-hydrogen) atoms. The minimum absolute atomic E-state index is 0.0484. The fraction of sp³-hybridized carbons (Fsp3) is 0. The molecule has 0 aliphatic rings. The third kappa shape index (κ3) is 2.38. The van der Waals surface area contributed by atoms with Crippen LogP contribution in [0.1, 0.15) is 0 Å². The van der Waals surface area contributed by atoms with E-state index < -0.39 is 4.92 Å². The normalized spacial score (nSPS) is 11.9. The number of nitro groups is 1. The van der Waals surface area contributed by atoms with Gasteiger partial charge in [0, 0.05) is 12.1 Å². The van der Waals surface area contributed by atoms with Crippen molar-refractivity contribution in [2.45, 2.75) is 0 Å². The molecular formula is C13H8N2O3S. The first kappa shape index (κ1) is 11.6. The highest BCUT2D eigenvalue weighted by atomic mass is 32.1. The van der Waals surface area contributed by atoms with Gasteiger partial charge in [0.25, 0.3) is 10.6 Å². The van der Waals surface area contributed by atoms with Gasteiger partial charge in [-0.05, 0) is 24.3 Å². The Labute approximate surface area is 111 Å². The maximum Gasteiger partial charge on any atom is 0.279 e. The van der Waals surface area contributed by atoms with Gasteiger partial charge in [0.15, 0.2) is 0 Å². The monoisotopic (exact) mass is 272 g/mol. The van der Waals surface area contributed by atoms with Gasteiger partial charge in [0.2, 0.25) is 0 Å². The number of hydrogen-bond acceptors (Lipinski definition) is 5. The molecule has 5 nitrogen and oxygen atoms in total. The smallest absolute Gasteiger partial charge is 0.279 e. The second-order valence-corrected chi connectivity index (χ2v) is 4.80. The summed E-state index contributed by atoms with van der Waals surface area (Å²) in [5.74, 6) is 0. The Morgan fingerprint density at radius 2 is 1.84 bits per heavy atom. The Bertz CT molecular complexity index is 766. The van der Waals surface area contributed by atoms with E-state index >= 15 is 0 Å². The maximum absolute atomic E-state index is 10.5. The van der Waals surface area contributed by atoms with Crippen molar-refractivity contribution in [2.75, 3.05) is 0 Å². The van der Waals surface area contributed by atoms with E-state index in [1.54, 1.807) is 12.1 Å². The van der Waals surface area contributed by atoms with E-state index in [1.807, 2.05) is 24.3 Å². The predicted octanol–water partition coefficient (Wildman–Crippen LogP) is 3.63. The molecule has 6 heteroatoms. The zero-order chi connectivity index (χ0) is 13.2. The number of rotatable bonds is 2. The lowest BCUT2D eigenvalue weighted by Gasteiger charge is -1.91. The number of para-hydroxylation sites is 1. The molecule has 0 saturated carbocycles. The highest BCUT2D eigenvalue weighted by molar-refractivity contribution is 7.16. The van der Waals surface area contributed by atoms with Gasteiger partial charge in [-0.1, -0.05) is 23.5 Å². The molecule has 2 aromatic carbocycles. The van der Waals surface area contributed by atoms with E-state index in [0.29, 0.717) is 10.6 Å². The summed E-state index contributed by atoms with van der Waals surface area (Å²) in [6.07, 6.45) is 0. The summed E-state index contributed by atoms with van der Waals surface area (Å²) in [5.41, 5.74) is 1.46. The second-order valence-electron chi connectivity index (χ2n) is 3.80. The third-order valence-corrected chi connectivity index (χ3v) is 3.43. The molecule has 0 saturated heterocycles. The Morgan fingerprint density at radius 1 is 1.11 bits per heavy atom. The van der Waals surface area contributed by atoms with Crippen molar-refractivity contribution in [2.24, 2.45) is 4.99 Å². The molecule has 0 aliphatic heterocycles. The molecule has 94 valence electrons. The Kier molecular flexibility index (Phi) is 2.85. The molecule has 0 atom stereocenters. The van der Waals surface area contributed by atoms with Gasteiger partial charge in [0.1, 0.15) is 5.58 Å². The lowest BCUT2D eigenvalue weighted by Crippen LogP contribution is -1.89. The molecule has 0 unspecified atom stereocenters. The standard InChI is InChI=1S/C13H8N2O3S/c16-15(17)10-7-5-9(6-8-10)14-13-18-11-3-1-2-4-12(11)19-13/h1-8H. The van der Waals surface area contributed by atoms with Gasteiger partial charge in [-0.15, -0.1) is 0 Å². The average molecular weight is 272 g/mol. The Morgan fingerprint density at radius 3 is 2.53 bits per heavy atom. The van der Waals surface area contributed by atoms with Gasteiger partial charge >= 0.3 is 0 Å². The molecule has 0 radical (unpaired) electrons. The topological polar surface area (TPSA) is 68.6 Å². The molecule has 1 heterocycles. The van der Waals surface area contributed by atoms with Crippen LogP contribution in [0.25, 0.3) is 10.3 Å². The fourth-order valence-corrected chi connectivity index (χ4v) is 2.46. The van der Waals surface area contributed by atoms with Gasteiger partial charge in [-0.3, -0.25) is 10.1 Å². The predicted molar refractivity (Wildman–Crippen MR) is 72.4 cm³/mol. The summed E-state index contributed by atoms with van der Waals surface area (Å²) < 4.78 is 6.58. The van der Waals surface area contributed by atoms with Crippen LogP contribution in [0.4, 0.5) is 11.4 Å². The summed E-state index contributed by atoms with van der Waals surface area (Å²) in [4.78, 5) is 14.9. The van der Waals surface area contributed by atoms with E-state index in [1.165, 1.54) is 23.5 Å². The van der Waals surface area contributed by atoms with Crippen molar-refractivity contribution < 1.29 is 9.34 Å². The second kappa shape index (κ2) is 4.66. The summed E-state index contributed by atoms with van der Waals surface area (Å²) in [6, 6.07) is 13.7. The molecule has 0 aliphatic carbocycles. The number of non-ortho nitro benzene ring substituents is 1. The van der Waals surface area contributed by atoms with Crippen LogP contribution in [0.3, 0.4) is 0 Å². The largest absolute Gasteiger partial charge is 0.429 e. The minimum atomic E-state index is -0.437. The Hall–Kier alpha value is -2.47. The molecule has 0 spiro atoms. The van der Waals surface area contributed by atoms with E-state index in [0.717, 1.165) is 10.3 Å². The number of nitro benzene ring substituents is 1. The molecule has 0 N–H and O–H groups in total. The first-order valence-electron chi connectivity index (χ1n) is 5.50. The molecule has 1 aromatic heterocycles. The van der Waals surface area contributed by atoms with E-state index in [9.17, 15) is 10.1 Å². The van der Waals surface area contributed by atoms with Crippen LogP contribution in [0, 0.1) is 10.1 Å². The van der Waals surface area contributed by atoms with E-state index in [4.69, 9.17) is 4.42 Å². The Balaban J connectivity index is 2.02. The van der Waals surface area contributed by atoms with E-state index in [-0.39, 0.29) is 5.69 Å². The van der Waals surface area contributed by atoms with Crippen LogP contribution in [0.2, 0.25) is 0 Å². The number of nitrogens with zero attached hydrogens (tertiary/aromatic N) is 2. The number of benzene rings is 2. The molecule has 3 rings (SSSR count). The van der Waals surface area contributed by atoms with E-state index in [2.05, 4.69) is 4.99 Å². The lowest BCUT2D eigenvalue weighted by atomic mass is 10.3. The first-order chi connectivity index (χ1) is 9.22. The molecule has 0 fully saturated rings. The van der Waals surface area contributed by atoms with Crippen LogP contribution in [-0.2, 0) is 0 Å². The van der Waals surface area contributed by atoms with Crippen LogP contribution < -0.4 is 4.87 Å². The number of fused-ring (bicyclic) bond motifs is 1. The van der Waals surface area contributed by atoms with Crippen molar-refractivity contribution >= 4 is 33.0 Å². The van der Waals surface area contributed by atoms with Crippen molar-refractivity contribution in [1.82, 2.24) is 0 Å². The maximum atomic E-state index is 10.5. The van der Waals surface area contributed by atoms with Gasteiger partial charge in [-0.2, -0.15) is 0 Å². The van der Waals surface area contributed by atoms with Crippen molar-refractivity contribution in [1.29, 1.82) is 0 Å². The summed E-state index contributed by atoms with van der Waals surface area (Å²) in [7, 11) is 0. The average Bonchev–Trinajstić information content (AvgIpc) is 2.81. The minimum Gasteiger partial charge on any atom is -0.429 e. The summed E-state index contributed by atoms with van der Waals surface area (Å²) in [5, 5.41) is 10.5. The zero-order valence-corrected chi connectivity index (χ0v) is 10.5. The molecule has 3 aromatic rings. The highest BCUT2D eigenvalue weighted by Gasteiger charge is 2.04. The van der Waals surface area contributed by atoms with Crippen LogP contribution in [0.15, 0.2) is 57.9 Å². The van der Waals surface area contributed by atoms with Crippen molar-refractivity contribution in [3.63, 3.8) is 0 Å². The van der Waals surface area contributed by atoms with Crippen molar-refractivity contribution in [3.8, 4) is 0 Å². The zero-order valence-electron chi connectivity index (χ0n) is 9.65. The SMILES string of the molecule is O=[N+]([O-])c1ccc(N=c2oc3ccccc3s2)cc1. The van der Waals surface area contributed by atoms with Gasteiger partial charge in [-0.25, -0.2) is 4.99 Å². The van der Waals surface area contributed by atoms with Gasteiger partial charge < -0.3 is 4.42 Å². The summed E-state index contributed by atoms with van der Waals surface area (Å²) >= 11 is 1.44. The first-order valence-corrected chi connectivity index (χ1v) is 6.32.